The number of halogens is 8. The Morgan fingerprint density at radius 1 is 0.915 bits per heavy atom. The van der Waals surface area contributed by atoms with E-state index in [1.807, 2.05) is 0 Å². The van der Waals surface area contributed by atoms with Crippen LogP contribution in [0.4, 0.5) is 39.9 Å². The van der Waals surface area contributed by atoms with Gasteiger partial charge in [0.1, 0.15) is 28.5 Å². The molecule has 0 bridgehead atoms. The number of ether oxygens (including phenoxy) is 1. The van der Waals surface area contributed by atoms with E-state index in [9.17, 15) is 57.9 Å². The molecule has 254 valence electrons. The highest BCUT2D eigenvalue weighted by molar-refractivity contribution is 7.92. The van der Waals surface area contributed by atoms with Crippen molar-refractivity contribution in [3.8, 4) is 5.75 Å². The standard InChI is InChI=1S/C29H25F8N3O6S/c30-17-2-4-18(5-3-17)47(44,45)26-11-12-40(22(41)15-7-9-25(10-8-15)23(42)38-24(43)39-25)21(26)14-46-20-13-16(1-6-19(20)26)27(31,28(32,33)34)29(35,36)37/h1-6,13,15,21H,7-12,14H2,(H2,38,39,42,43). The van der Waals surface area contributed by atoms with Gasteiger partial charge in [-0.05, 0) is 62.4 Å². The number of alkyl halides is 7. The molecule has 4 amide bonds. The van der Waals surface area contributed by atoms with Gasteiger partial charge in [0.05, 0.1) is 10.9 Å². The van der Waals surface area contributed by atoms with Gasteiger partial charge in [0.25, 0.3) is 5.91 Å². The number of nitrogens with zero attached hydrogens (tertiary/aromatic N) is 1. The second-order valence-electron chi connectivity index (χ2n) is 12.1. The minimum Gasteiger partial charge on any atom is -0.491 e. The topological polar surface area (TPSA) is 122 Å². The van der Waals surface area contributed by atoms with Crippen LogP contribution in [0.2, 0.25) is 0 Å². The van der Waals surface area contributed by atoms with Crippen molar-refractivity contribution in [1.82, 2.24) is 15.5 Å². The van der Waals surface area contributed by atoms with Gasteiger partial charge in [-0.15, -0.1) is 0 Å². The van der Waals surface area contributed by atoms with E-state index in [0.717, 1.165) is 24.3 Å². The minimum absolute atomic E-state index is 0.101. The number of benzene rings is 2. The van der Waals surface area contributed by atoms with Gasteiger partial charge in [-0.3, -0.25) is 14.9 Å². The predicted octanol–water partition coefficient (Wildman–Crippen LogP) is 4.55. The van der Waals surface area contributed by atoms with Crippen molar-refractivity contribution < 1.29 is 62.7 Å². The number of carbonyl (C=O) groups is 3. The average molecular weight is 696 g/mol. The van der Waals surface area contributed by atoms with Gasteiger partial charge >= 0.3 is 24.1 Å². The third-order valence-electron chi connectivity index (χ3n) is 9.74. The van der Waals surface area contributed by atoms with Gasteiger partial charge in [-0.25, -0.2) is 22.0 Å². The highest BCUT2D eigenvalue weighted by Crippen LogP contribution is 2.57. The zero-order valence-corrected chi connectivity index (χ0v) is 24.8. The maximum atomic E-state index is 15.0. The molecule has 3 fully saturated rings. The fourth-order valence-electron chi connectivity index (χ4n) is 7.28. The van der Waals surface area contributed by atoms with Crippen molar-refractivity contribution >= 4 is 27.7 Å². The predicted molar refractivity (Wildman–Crippen MR) is 144 cm³/mol. The maximum absolute atomic E-state index is 15.0. The van der Waals surface area contributed by atoms with Crippen LogP contribution in [0.3, 0.4) is 0 Å². The number of rotatable bonds is 4. The second kappa shape index (κ2) is 10.5. The van der Waals surface area contributed by atoms with Crippen LogP contribution in [0.15, 0.2) is 47.4 Å². The molecule has 47 heavy (non-hydrogen) atoms. The highest BCUT2D eigenvalue weighted by Gasteiger charge is 2.74. The number of hydrogen-bond donors (Lipinski definition) is 2. The largest absolute Gasteiger partial charge is 0.491 e. The quantitative estimate of drug-likeness (QED) is 0.275. The van der Waals surface area contributed by atoms with Crippen LogP contribution in [0.25, 0.3) is 0 Å². The number of amides is 4. The summed E-state index contributed by atoms with van der Waals surface area (Å²) < 4.78 is 142. The molecule has 9 nitrogen and oxygen atoms in total. The number of imide groups is 1. The van der Waals surface area contributed by atoms with Crippen molar-refractivity contribution in [2.75, 3.05) is 13.2 Å². The van der Waals surface area contributed by atoms with Gasteiger partial charge in [-0.2, -0.15) is 26.3 Å². The van der Waals surface area contributed by atoms with Crippen molar-refractivity contribution in [2.45, 2.75) is 71.3 Å². The summed E-state index contributed by atoms with van der Waals surface area (Å²) in [6.07, 6.45) is -12.8. The first-order chi connectivity index (χ1) is 21.8. The van der Waals surface area contributed by atoms with Crippen molar-refractivity contribution in [3.63, 3.8) is 0 Å². The van der Waals surface area contributed by atoms with Crippen molar-refractivity contribution in [2.24, 2.45) is 5.92 Å². The van der Waals surface area contributed by atoms with E-state index in [-0.39, 0.29) is 50.8 Å². The summed E-state index contributed by atoms with van der Waals surface area (Å²) in [5, 5.41) is 4.72. The van der Waals surface area contributed by atoms with Gasteiger partial charge < -0.3 is 15.0 Å². The van der Waals surface area contributed by atoms with E-state index >= 15 is 0 Å². The van der Waals surface area contributed by atoms with E-state index in [2.05, 4.69) is 10.6 Å². The SMILES string of the molecule is O=C1NC(=O)C2(CCC(C(=O)N3CCC4(S(=O)(=O)c5ccc(F)cc5)c5ccc(C(F)(C(F)(F)F)C(F)(F)F)cc5OCC34)CC2)N1. The summed E-state index contributed by atoms with van der Waals surface area (Å²) in [4.78, 5) is 38.8. The lowest BCUT2D eigenvalue weighted by molar-refractivity contribution is -0.348. The molecule has 2 aromatic carbocycles. The van der Waals surface area contributed by atoms with Crippen LogP contribution < -0.4 is 15.4 Å². The Hall–Kier alpha value is -3.96. The molecule has 3 aliphatic heterocycles. The summed E-state index contributed by atoms with van der Waals surface area (Å²) >= 11 is 0. The molecular weight excluding hydrogens is 670 g/mol. The van der Waals surface area contributed by atoms with Crippen LogP contribution >= 0.6 is 0 Å². The van der Waals surface area contributed by atoms with Crippen molar-refractivity contribution in [1.29, 1.82) is 0 Å². The molecule has 4 aliphatic rings. The fraction of sp³-hybridized carbons (Fsp3) is 0.483. The zero-order chi connectivity index (χ0) is 34.4. The Morgan fingerprint density at radius 3 is 2.09 bits per heavy atom. The number of hydrogen-bond acceptors (Lipinski definition) is 6. The Labute approximate surface area is 261 Å². The lowest BCUT2D eigenvalue weighted by Gasteiger charge is -2.43. The Balaban J connectivity index is 1.41. The summed E-state index contributed by atoms with van der Waals surface area (Å²) in [6.45, 7) is -0.930. The molecule has 18 heteroatoms. The smallest absolute Gasteiger partial charge is 0.435 e. The molecule has 0 aromatic heterocycles. The van der Waals surface area contributed by atoms with E-state index in [0.29, 0.717) is 6.07 Å². The molecule has 2 saturated heterocycles. The van der Waals surface area contributed by atoms with Gasteiger partial charge in [0.15, 0.2) is 9.84 Å². The van der Waals surface area contributed by atoms with E-state index in [1.54, 1.807) is 0 Å². The molecule has 2 aromatic rings. The lowest BCUT2D eigenvalue weighted by Crippen LogP contribution is -2.56. The summed E-state index contributed by atoms with van der Waals surface area (Å²) in [5.41, 5.74) is -9.28. The zero-order valence-electron chi connectivity index (χ0n) is 24.0. The maximum Gasteiger partial charge on any atom is 0.435 e. The van der Waals surface area contributed by atoms with E-state index < -0.39 is 102 Å². The molecule has 2 atom stereocenters. The first-order valence-electron chi connectivity index (χ1n) is 14.3. The number of urea groups is 1. The molecule has 1 saturated carbocycles. The second-order valence-corrected chi connectivity index (χ2v) is 14.3. The molecule has 3 heterocycles. The first-order valence-corrected chi connectivity index (χ1v) is 15.8. The van der Waals surface area contributed by atoms with E-state index in [1.165, 1.54) is 4.90 Å². The van der Waals surface area contributed by atoms with Crippen LogP contribution in [0.1, 0.15) is 43.2 Å². The fourth-order valence-corrected chi connectivity index (χ4v) is 9.57. The number of nitrogens with one attached hydrogen (secondary N) is 2. The molecule has 2 N–H and O–H groups in total. The van der Waals surface area contributed by atoms with E-state index in [4.69, 9.17) is 4.74 Å². The minimum atomic E-state index is -6.44. The normalized spacial score (nSPS) is 28.0. The van der Waals surface area contributed by atoms with Gasteiger partial charge in [0, 0.05) is 23.6 Å². The summed E-state index contributed by atoms with van der Waals surface area (Å²) in [5.74, 6) is -3.35. The number of carbonyl (C=O) groups excluding carboxylic acids is 3. The first kappa shape index (κ1) is 33.0. The molecule has 1 aliphatic carbocycles. The van der Waals surface area contributed by atoms with Gasteiger partial charge in [0.2, 0.25) is 5.91 Å². The number of likely N-dealkylation sites (tertiary alicyclic amines) is 1. The van der Waals surface area contributed by atoms with Crippen LogP contribution in [-0.4, -0.2) is 68.2 Å². The summed E-state index contributed by atoms with van der Waals surface area (Å²) in [7, 11) is -4.70. The van der Waals surface area contributed by atoms with Crippen molar-refractivity contribution in [3.05, 3.63) is 59.4 Å². The monoisotopic (exact) mass is 695 g/mol. The van der Waals surface area contributed by atoms with Crippen LogP contribution in [0, 0.1) is 11.7 Å². The Bertz CT molecular complexity index is 1740. The Kier molecular flexibility index (Phi) is 7.38. The number of fused-ring (bicyclic) bond motifs is 3. The molecule has 0 radical (unpaired) electrons. The van der Waals surface area contributed by atoms with Gasteiger partial charge in [-0.1, -0.05) is 12.1 Å². The van der Waals surface area contributed by atoms with Crippen LogP contribution in [-0.2, 0) is 29.8 Å². The summed E-state index contributed by atoms with van der Waals surface area (Å²) in [6, 6.07) is 2.53. The third-order valence-corrected chi connectivity index (χ3v) is 12.3. The van der Waals surface area contributed by atoms with Crippen LogP contribution in [0.5, 0.6) is 5.75 Å². The lowest BCUT2D eigenvalue weighted by atomic mass is 9.76. The third kappa shape index (κ3) is 4.68. The molecular formula is C29H25F8N3O6S. The number of sulfone groups is 1. The highest BCUT2D eigenvalue weighted by atomic mass is 32.2. The molecule has 2 unspecified atom stereocenters. The Morgan fingerprint density at radius 2 is 1.53 bits per heavy atom. The molecule has 6 rings (SSSR count). The average Bonchev–Trinajstić information content (AvgIpc) is 3.53. The molecule has 1 spiro atoms.